The monoisotopic (exact) mass is 384 g/mol. The second kappa shape index (κ2) is 10.4. The van der Waals surface area contributed by atoms with Crippen LogP contribution in [0.1, 0.15) is 37.9 Å². The van der Waals surface area contributed by atoms with Gasteiger partial charge >= 0.3 is 0 Å². The molecule has 0 spiro atoms. The van der Waals surface area contributed by atoms with Crippen molar-refractivity contribution in [1.82, 2.24) is 14.9 Å². The fourth-order valence-electron chi connectivity index (χ4n) is 3.23. The molecule has 1 aromatic heterocycles. The minimum absolute atomic E-state index is 0.105. The quantitative estimate of drug-likeness (QED) is 0.503. The fraction of sp³-hybridized carbons (Fsp3) is 0.381. The third-order valence-electron chi connectivity index (χ3n) is 4.67. The zero-order valence-corrected chi connectivity index (χ0v) is 16.7. The maximum absolute atomic E-state index is 9.97. The zero-order chi connectivity index (χ0) is 20.5. The first kappa shape index (κ1) is 21.4. The van der Waals surface area contributed by atoms with Crippen LogP contribution in [0.2, 0.25) is 0 Å². The SMILES string of the molecule is CC.NC(N)=C(/C=C(\N)c1ccccc1O)n1cnc(CC2CCNCC2)c1. The number of aromatic hydroxyl groups is 1. The van der Waals surface area contributed by atoms with E-state index >= 15 is 0 Å². The molecule has 1 aliphatic rings. The molecule has 2 aromatic rings. The molecule has 152 valence electrons. The van der Waals surface area contributed by atoms with Crippen molar-refractivity contribution in [2.24, 2.45) is 23.1 Å². The van der Waals surface area contributed by atoms with Crippen LogP contribution >= 0.6 is 0 Å². The fourth-order valence-corrected chi connectivity index (χ4v) is 3.23. The standard InChI is InChI=1S/C19H26N6O.C2H6/c20-16(15-3-1-2-4-18(15)26)10-17(19(21)22)25-11-14(24-12-25)9-13-5-7-23-8-6-13;1-2/h1-4,10-13,23,26H,5-9,20-22H2;1-2H3/b16-10-;. The normalized spacial score (nSPS) is 14.9. The van der Waals surface area contributed by atoms with Gasteiger partial charge in [0.25, 0.3) is 0 Å². The van der Waals surface area contributed by atoms with E-state index in [0.29, 0.717) is 22.9 Å². The number of hydrogen-bond donors (Lipinski definition) is 5. The predicted molar refractivity (Wildman–Crippen MR) is 115 cm³/mol. The molecule has 7 nitrogen and oxygen atoms in total. The van der Waals surface area contributed by atoms with Crippen molar-refractivity contribution in [3.63, 3.8) is 0 Å². The first-order chi connectivity index (χ1) is 13.5. The summed E-state index contributed by atoms with van der Waals surface area (Å²) < 4.78 is 1.78. The van der Waals surface area contributed by atoms with E-state index in [1.165, 1.54) is 0 Å². The molecular weight excluding hydrogens is 352 g/mol. The number of nitrogens with zero attached hydrogens (tertiary/aromatic N) is 2. The summed E-state index contributed by atoms with van der Waals surface area (Å²) in [4.78, 5) is 4.49. The maximum atomic E-state index is 9.97. The molecule has 7 heteroatoms. The lowest BCUT2D eigenvalue weighted by Gasteiger charge is -2.21. The number of benzene rings is 1. The number of nitrogens with one attached hydrogen (secondary N) is 1. The van der Waals surface area contributed by atoms with Crippen LogP contribution in [0, 0.1) is 5.92 Å². The van der Waals surface area contributed by atoms with Gasteiger partial charge in [-0.3, -0.25) is 0 Å². The Morgan fingerprint density at radius 3 is 2.54 bits per heavy atom. The molecule has 1 aliphatic heterocycles. The van der Waals surface area contributed by atoms with Crippen molar-refractivity contribution in [2.75, 3.05) is 13.1 Å². The van der Waals surface area contributed by atoms with Crippen molar-refractivity contribution in [2.45, 2.75) is 33.1 Å². The van der Waals surface area contributed by atoms with Crippen LogP contribution in [0.3, 0.4) is 0 Å². The Labute approximate surface area is 166 Å². The van der Waals surface area contributed by atoms with E-state index in [4.69, 9.17) is 17.2 Å². The summed E-state index contributed by atoms with van der Waals surface area (Å²) in [5.74, 6) is 0.881. The molecule has 0 bridgehead atoms. The van der Waals surface area contributed by atoms with Gasteiger partial charge in [0, 0.05) is 17.5 Å². The summed E-state index contributed by atoms with van der Waals surface area (Å²) in [5, 5.41) is 13.3. The van der Waals surface area contributed by atoms with Gasteiger partial charge < -0.3 is 32.2 Å². The van der Waals surface area contributed by atoms with E-state index in [1.807, 2.05) is 20.0 Å². The first-order valence-electron chi connectivity index (χ1n) is 9.79. The highest BCUT2D eigenvalue weighted by Gasteiger charge is 2.15. The number of nitrogens with two attached hydrogens (primary N) is 3. The molecular formula is C21H32N6O. The number of imidazole rings is 1. The molecule has 0 unspecified atom stereocenters. The number of para-hydroxylation sites is 1. The van der Waals surface area contributed by atoms with Crippen LogP contribution in [0.25, 0.3) is 11.4 Å². The predicted octanol–water partition coefficient (Wildman–Crippen LogP) is 2.20. The van der Waals surface area contributed by atoms with Gasteiger partial charge in [0.05, 0.1) is 17.7 Å². The number of phenols is 1. The topological polar surface area (TPSA) is 128 Å². The molecule has 8 N–H and O–H groups in total. The number of phenolic OH excluding ortho intramolecular Hbond substituents is 1. The molecule has 28 heavy (non-hydrogen) atoms. The lowest BCUT2D eigenvalue weighted by Crippen LogP contribution is -2.28. The van der Waals surface area contributed by atoms with Crippen LogP contribution < -0.4 is 22.5 Å². The number of aromatic nitrogens is 2. The van der Waals surface area contributed by atoms with Crippen LogP contribution in [0.5, 0.6) is 5.75 Å². The van der Waals surface area contributed by atoms with E-state index in [-0.39, 0.29) is 11.6 Å². The Balaban J connectivity index is 0.00000136. The zero-order valence-electron chi connectivity index (χ0n) is 16.7. The van der Waals surface area contributed by atoms with Crippen molar-refractivity contribution < 1.29 is 5.11 Å². The van der Waals surface area contributed by atoms with Gasteiger partial charge in [0.1, 0.15) is 11.6 Å². The Morgan fingerprint density at radius 2 is 1.89 bits per heavy atom. The largest absolute Gasteiger partial charge is 0.507 e. The van der Waals surface area contributed by atoms with Gasteiger partial charge in [-0.25, -0.2) is 4.98 Å². The minimum atomic E-state index is 0.105. The van der Waals surface area contributed by atoms with Gasteiger partial charge in [-0.2, -0.15) is 0 Å². The highest BCUT2D eigenvalue weighted by molar-refractivity contribution is 5.77. The highest BCUT2D eigenvalue weighted by Crippen LogP contribution is 2.24. The van der Waals surface area contributed by atoms with E-state index in [0.717, 1.165) is 38.0 Å². The lowest BCUT2D eigenvalue weighted by atomic mass is 9.93. The molecule has 0 radical (unpaired) electrons. The second-order valence-corrected chi connectivity index (χ2v) is 6.63. The summed E-state index contributed by atoms with van der Waals surface area (Å²) in [7, 11) is 0. The molecule has 0 aliphatic carbocycles. The van der Waals surface area contributed by atoms with Gasteiger partial charge in [-0.1, -0.05) is 26.0 Å². The second-order valence-electron chi connectivity index (χ2n) is 6.63. The molecule has 0 saturated carbocycles. The van der Waals surface area contributed by atoms with Crippen LogP contribution in [-0.4, -0.2) is 27.7 Å². The maximum Gasteiger partial charge on any atom is 0.124 e. The molecule has 0 amide bonds. The Morgan fingerprint density at radius 1 is 1.21 bits per heavy atom. The van der Waals surface area contributed by atoms with Crippen LogP contribution in [0.4, 0.5) is 0 Å². The Hall–Kier alpha value is -2.93. The summed E-state index contributed by atoms with van der Waals surface area (Å²) in [6, 6.07) is 6.86. The summed E-state index contributed by atoms with van der Waals surface area (Å²) in [6.45, 7) is 6.12. The number of hydrogen-bond acceptors (Lipinski definition) is 6. The number of rotatable bonds is 5. The molecule has 3 rings (SSSR count). The molecule has 1 aromatic carbocycles. The number of allylic oxidation sites excluding steroid dienone is 2. The Bertz CT molecular complexity index is 814. The summed E-state index contributed by atoms with van der Waals surface area (Å²) in [6.07, 6.45) is 8.54. The lowest BCUT2D eigenvalue weighted by molar-refractivity contribution is 0.370. The molecule has 1 fully saturated rings. The van der Waals surface area contributed by atoms with Gasteiger partial charge in [-0.05, 0) is 56.5 Å². The van der Waals surface area contributed by atoms with Crippen LogP contribution in [-0.2, 0) is 6.42 Å². The van der Waals surface area contributed by atoms with Gasteiger partial charge in [0.15, 0.2) is 0 Å². The molecule has 2 heterocycles. The smallest absolute Gasteiger partial charge is 0.124 e. The van der Waals surface area contributed by atoms with E-state index in [2.05, 4.69) is 10.3 Å². The Kier molecular flexibility index (Phi) is 7.95. The summed E-state index contributed by atoms with van der Waals surface area (Å²) in [5.41, 5.74) is 20.3. The van der Waals surface area contributed by atoms with Crippen molar-refractivity contribution in [1.29, 1.82) is 0 Å². The highest BCUT2D eigenvalue weighted by atomic mass is 16.3. The molecule has 0 atom stereocenters. The molecule has 1 saturated heterocycles. The third kappa shape index (κ3) is 5.53. The average molecular weight is 385 g/mol. The average Bonchev–Trinajstić information content (AvgIpc) is 3.16. The van der Waals surface area contributed by atoms with Crippen molar-refractivity contribution >= 4 is 11.4 Å². The van der Waals surface area contributed by atoms with E-state index < -0.39 is 0 Å². The van der Waals surface area contributed by atoms with Crippen molar-refractivity contribution in [3.8, 4) is 5.75 Å². The first-order valence-corrected chi connectivity index (χ1v) is 9.79. The number of piperidine rings is 1. The van der Waals surface area contributed by atoms with Crippen molar-refractivity contribution in [3.05, 3.63) is 59.9 Å². The third-order valence-corrected chi connectivity index (χ3v) is 4.67. The van der Waals surface area contributed by atoms with Gasteiger partial charge in [-0.15, -0.1) is 0 Å². The van der Waals surface area contributed by atoms with Crippen LogP contribution in [0.15, 0.2) is 48.7 Å². The van der Waals surface area contributed by atoms with E-state index in [9.17, 15) is 5.11 Å². The van der Waals surface area contributed by atoms with E-state index in [1.54, 1.807) is 41.2 Å². The van der Waals surface area contributed by atoms with Gasteiger partial charge in [0.2, 0.25) is 0 Å². The summed E-state index contributed by atoms with van der Waals surface area (Å²) >= 11 is 0. The minimum Gasteiger partial charge on any atom is -0.507 e.